The number of nitrogens with one attached hydrogen (secondary N) is 2. The first-order valence-corrected chi connectivity index (χ1v) is 8.06. The van der Waals surface area contributed by atoms with Crippen LogP contribution < -0.4 is 15.4 Å². The van der Waals surface area contributed by atoms with Crippen molar-refractivity contribution in [3.63, 3.8) is 0 Å². The SMILES string of the molecule is CNCC(C)C(=O)Nc1ccc(OC)c(-n2nnnc2C2CC2)c1. The molecule has 1 heterocycles. The first kappa shape index (κ1) is 16.4. The van der Waals surface area contributed by atoms with Crippen molar-refractivity contribution in [2.24, 2.45) is 5.92 Å². The van der Waals surface area contributed by atoms with E-state index >= 15 is 0 Å². The van der Waals surface area contributed by atoms with Crippen LogP contribution in [0.15, 0.2) is 18.2 Å². The fourth-order valence-corrected chi connectivity index (χ4v) is 2.56. The number of carbonyl (C=O) groups is 1. The van der Waals surface area contributed by atoms with Gasteiger partial charge < -0.3 is 15.4 Å². The van der Waals surface area contributed by atoms with Crippen LogP contribution in [0, 0.1) is 5.92 Å². The fraction of sp³-hybridized carbons (Fsp3) is 0.500. The van der Waals surface area contributed by atoms with Crippen molar-refractivity contribution in [3.8, 4) is 11.4 Å². The van der Waals surface area contributed by atoms with Gasteiger partial charge in [0, 0.05) is 24.1 Å². The molecule has 2 aromatic rings. The van der Waals surface area contributed by atoms with E-state index in [1.807, 2.05) is 32.2 Å². The molecule has 1 aromatic carbocycles. The average Bonchev–Trinajstić information content (AvgIpc) is 3.31. The zero-order valence-electron chi connectivity index (χ0n) is 14.1. The Morgan fingerprint density at radius 3 is 2.92 bits per heavy atom. The number of benzene rings is 1. The highest BCUT2D eigenvalue weighted by atomic mass is 16.5. The van der Waals surface area contributed by atoms with Gasteiger partial charge in [-0.25, -0.2) is 0 Å². The summed E-state index contributed by atoms with van der Waals surface area (Å²) in [5.41, 5.74) is 1.42. The Labute approximate surface area is 140 Å². The van der Waals surface area contributed by atoms with Crippen LogP contribution in [0.3, 0.4) is 0 Å². The van der Waals surface area contributed by atoms with Crippen LogP contribution in [0.2, 0.25) is 0 Å². The molecule has 1 aliphatic carbocycles. The first-order valence-electron chi connectivity index (χ1n) is 8.06. The van der Waals surface area contributed by atoms with Crippen molar-refractivity contribution in [1.29, 1.82) is 0 Å². The highest BCUT2D eigenvalue weighted by molar-refractivity contribution is 5.92. The summed E-state index contributed by atoms with van der Waals surface area (Å²) in [7, 11) is 3.43. The van der Waals surface area contributed by atoms with Crippen molar-refractivity contribution in [1.82, 2.24) is 25.5 Å². The minimum absolute atomic E-state index is 0.0420. The summed E-state index contributed by atoms with van der Waals surface area (Å²) < 4.78 is 7.13. The average molecular weight is 330 g/mol. The summed E-state index contributed by atoms with van der Waals surface area (Å²) in [5.74, 6) is 1.72. The van der Waals surface area contributed by atoms with E-state index in [0.717, 1.165) is 24.4 Å². The third-order valence-electron chi connectivity index (χ3n) is 4.07. The minimum Gasteiger partial charge on any atom is -0.494 e. The van der Waals surface area contributed by atoms with Gasteiger partial charge in [0.05, 0.1) is 7.11 Å². The van der Waals surface area contributed by atoms with Gasteiger partial charge in [-0.3, -0.25) is 4.79 Å². The molecule has 24 heavy (non-hydrogen) atoms. The quantitative estimate of drug-likeness (QED) is 0.796. The standard InChI is InChI=1S/C16H22N6O2/c1-10(9-17-2)16(23)18-12-6-7-14(24-3)13(8-12)22-15(11-4-5-11)19-20-21-22/h6-8,10-11,17H,4-5,9H2,1-3H3,(H,18,23). The van der Waals surface area contributed by atoms with Crippen molar-refractivity contribution < 1.29 is 9.53 Å². The van der Waals surface area contributed by atoms with Crippen molar-refractivity contribution in [2.45, 2.75) is 25.7 Å². The van der Waals surface area contributed by atoms with E-state index in [9.17, 15) is 4.79 Å². The van der Waals surface area contributed by atoms with Gasteiger partial charge in [-0.1, -0.05) is 6.92 Å². The lowest BCUT2D eigenvalue weighted by molar-refractivity contribution is -0.119. The molecule has 0 bridgehead atoms. The van der Waals surface area contributed by atoms with Gasteiger partial charge in [-0.05, 0) is 48.5 Å². The maximum absolute atomic E-state index is 12.2. The molecule has 1 aromatic heterocycles. The molecule has 0 saturated heterocycles. The zero-order valence-corrected chi connectivity index (χ0v) is 14.1. The second kappa shape index (κ2) is 6.96. The van der Waals surface area contributed by atoms with Crippen LogP contribution in [-0.2, 0) is 4.79 Å². The number of amides is 1. The van der Waals surface area contributed by atoms with Gasteiger partial charge in [0.25, 0.3) is 0 Å². The van der Waals surface area contributed by atoms with E-state index in [1.165, 1.54) is 0 Å². The number of carbonyl (C=O) groups excluding carboxylic acids is 1. The van der Waals surface area contributed by atoms with E-state index in [-0.39, 0.29) is 11.8 Å². The van der Waals surface area contributed by atoms with Crippen LogP contribution >= 0.6 is 0 Å². The lowest BCUT2D eigenvalue weighted by Crippen LogP contribution is -2.28. The van der Waals surface area contributed by atoms with Crippen LogP contribution in [0.4, 0.5) is 5.69 Å². The fourth-order valence-electron chi connectivity index (χ4n) is 2.56. The predicted molar refractivity (Wildman–Crippen MR) is 89.4 cm³/mol. The van der Waals surface area contributed by atoms with E-state index < -0.39 is 0 Å². The summed E-state index contributed by atoms with van der Waals surface area (Å²) >= 11 is 0. The lowest BCUT2D eigenvalue weighted by Gasteiger charge is -2.14. The maximum Gasteiger partial charge on any atom is 0.228 e. The molecule has 0 spiro atoms. The molecule has 1 amide bonds. The summed E-state index contributed by atoms with van der Waals surface area (Å²) in [6.07, 6.45) is 2.20. The maximum atomic E-state index is 12.2. The number of hydrogen-bond acceptors (Lipinski definition) is 6. The molecule has 0 aliphatic heterocycles. The van der Waals surface area contributed by atoms with Gasteiger partial charge in [-0.2, -0.15) is 4.68 Å². The second-order valence-electron chi connectivity index (χ2n) is 6.06. The number of anilines is 1. The Hall–Kier alpha value is -2.48. The lowest BCUT2D eigenvalue weighted by atomic mass is 10.1. The molecule has 128 valence electrons. The Kier molecular flexibility index (Phi) is 4.75. The summed E-state index contributed by atoms with van der Waals surface area (Å²) in [4.78, 5) is 12.2. The monoisotopic (exact) mass is 330 g/mol. The number of tetrazole rings is 1. The number of ether oxygens (including phenoxy) is 1. The molecule has 2 N–H and O–H groups in total. The van der Waals surface area contributed by atoms with Crippen molar-refractivity contribution in [3.05, 3.63) is 24.0 Å². The molecule has 8 heteroatoms. The molecule has 1 unspecified atom stereocenters. The normalized spacial score (nSPS) is 15.1. The molecule has 1 atom stereocenters. The third-order valence-corrected chi connectivity index (χ3v) is 4.07. The topological polar surface area (TPSA) is 94.0 Å². The predicted octanol–water partition coefficient (Wildman–Crippen LogP) is 1.34. The van der Waals surface area contributed by atoms with E-state index in [2.05, 4.69) is 26.2 Å². The van der Waals surface area contributed by atoms with Crippen LogP contribution in [0.1, 0.15) is 31.5 Å². The van der Waals surface area contributed by atoms with E-state index in [0.29, 0.717) is 23.9 Å². The minimum atomic E-state index is -0.129. The zero-order chi connectivity index (χ0) is 17.1. The number of aromatic nitrogens is 4. The first-order chi connectivity index (χ1) is 11.6. The van der Waals surface area contributed by atoms with E-state index in [1.54, 1.807) is 11.8 Å². The Morgan fingerprint density at radius 2 is 2.25 bits per heavy atom. The molecule has 1 saturated carbocycles. The molecule has 1 fully saturated rings. The van der Waals surface area contributed by atoms with Gasteiger partial charge in [0.1, 0.15) is 11.4 Å². The summed E-state index contributed by atoms with van der Waals surface area (Å²) in [5, 5.41) is 17.9. The Bertz CT molecular complexity index is 725. The van der Waals surface area contributed by atoms with Crippen molar-refractivity contribution in [2.75, 3.05) is 26.0 Å². The Morgan fingerprint density at radius 1 is 1.46 bits per heavy atom. The number of hydrogen-bond donors (Lipinski definition) is 2. The molecule has 1 aliphatic rings. The second-order valence-corrected chi connectivity index (χ2v) is 6.06. The molecular formula is C16H22N6O2. The smallest absolute Gasteiger partial charge is 0.228 e. The highest BCUT2D eigenvalue weighted by Gasteiger charge is 2.30. The molecular weight excluding hydrogens is 308 g/mol. The largest absolute Gasteiger partial charge is 0.494 e. The van der Waals surface area contributed by atoms with Gasteiger partial charge in [0.15, 0.2) is 5.82 Å². The van der Waals surface area contributed by atoms with Crippen LogP contribution in [0.25, 0.3) is 5.69 Å². The third kappa shape index (κ3) is 3.38. The van der Waals surface area contributed by atoms with Crippen molar-refractivity contribution >= 4 is 11.6 Å². The molecule has 0 radical (unpaired) electrons. The number of nitrogens with zero attached hydrogens (tertiary/aromatic N) is 4. The molecule has 3 rings (SSSR count). The van der Waals surface area contributed by atoms with Gasteiger partial charge in [0.2, 0.25) is 5.91 Å². The summed E-state index contributed by atoms with van der Waals surface area (Å²) in [6, 6.07) is 5.46. The van der Waals surface area contributed by atoms with Gasteiger partial charge in [-0.15, -0.1) is 5.10 Å². The summed E-state index contributed by atoms with van der Waals surface area (Å²) in [6.45, 7) is 2.50. The van der Waals surface area contributed by atoms with Gasteiger partial charge >= 0.3 is 0 Å². The number of rotatable bonds is 7. The number of methoxy groups -OCH3 is 1. The Balaban J connectivity index is 1.88. The van der Waals surface area contributed by atoms with E-state index in [4.69, 9.17) is 4.74 Å². The van der Waals surface area contributed by atoms with Crippen LogP contribution in [0.5, 0.6) is 5.75 Å². The highest BCUT2D eigenvalue weighted by Crippen LogP contribution is 2.40. The molecule has 8 nitrogen and oxygen atoms in total. The van der Waals surface area contributed by atoms with Crippen LogP contribution in [-0.4, -0.2) is 46.8 Å².